The first-order chi connectivity index (χ1) is 19.1. The van der Waals surface area contributed by atoms with Gasteiger partial charge in [-0.2, -0.15) is 0 Å². The van der Waals surface area contributed by atoms with Gasteiger partial charge in [0.1, 0.15) is 12.9 Å². The van der Waals surface area contributed by atoms with Crippen LogP contribution in [0.3, 0.4) is 0 Å². The third-order valence-electron chi connectivity index (χ3n) is 9.13. The van der Waals surface area contributed by atoms with Crippen LogP contribution < -0.4 is 10.1 Å². The van der Waals surface area contributed by atoms with E-state index in [0.29, 0.717) is 41.0 Å². The molecule has 0 saturated heterocycles. The van der Waals surface area contributed by atoms with Crippen molar-refractivity contribution in [2.45, 2.75) is 64.7 Å². The van der Waals surface area contributed by atoms with Crippen LogP contribution in [0.2, 0.25) is 0 Å². The highest BCUT2D eigenvalue weighted by atomic mass is 127. The molecule has 0 bridgehead atoms. The van der Waals surface area contributed by atoms with Crippen LogP contribution >= 0.6 is 33.9 Å². The van der Waals surface area contributed by atoms with Crippen LogP contribution in [-0.4, -0.2) is 55.2 Å². The lowest BCUT2D eigenvalue weighted by molar-refractivity contribution is -0.135. The molecular formula is C30H39IN4O4S. The number of nitrogens with zero attached hydrogens (tertiary/aromatic N) is 3. The van der Waals surface area contributed by atoms with Gasteiger partial charge in [-0.1, -0.05) is 12.1 Å². The van der Waals surface area contributed by atoms with Crippen molar-refractivity contribution in [1.82, 2.24) is 9.88 Å². The molecule has 1 aromatic carbocycles. The quantitative estimate of drug-likeness (QED) is 0.159. The van der Waals surface area contributed by atoms with E-state index < -0.39 is 0 Å². The largest absolute Gasteiger partial charge is 0.424 e. The number of halogens is 1. The van der Waals surface area contributed by atoms with Gasteiger partial charge in [-0.25, -0.2) is 4.98 Å². The highest BCUT2D eigenvalue weighted by Gasteiger charge is 2.57. The maximum atomic E-state index is 12.8. The van der Waals surface area contributed by atoms with Gasteiger partial charge in [-0.3, -0.25) is 14.5 Å². The van der Waals surface area contributed by atoms with Gasteiger partial charge in [0, 0.05) is 22.9 Å². The summed E-state index contributed by atoms with van der Waals surface area (Å²) in [4.78, 5) is 37.7. The van der Waals surface area contributed by atoms with E-state index in [9.17, 15) is 9.59 Å². The topological polar surface area (TPSA) is 93.1 Å². The number of rotatable bonds is 8. The predicted octanol–water partition coefficient (Wildman–Crippen LogP) is 6.03. The second kappa shape index (κ2) is 12.1. The molecule has 216 valence electrons. The summed E-state index contributed by atoms with van der Waals surface area (Å²) in [5.41, 5.74) is 3.85. The number of fused-ring (bicyclic) bond motifs is 5. The van der Waals surface area contributed by atoms with Crippen molar-refractivity contribution in [2.75, 3.05) is 33.1 Å². The monoisotopic (exact) mass is 678 g/mol. The number of benzene rings is 1. The smallest absolute Gasteiger partial charge is 0.325 e. The second-order valence-electron chi connectivity index (χ2n) is 12.0. The Morgan fingerprint density at radius 1 is 1.30 bits per heavy atom. The van der Waals surface area contributed by atoms with Crippen molar-refractivity contribution in [1.29, 1.82) is 0 Å². The maximum Gasteiger partial charge on any atom is 0.325 e. The molecule has 3 aliphatic rings. The number of likely N-dealkylation sites (N-methyl/N-ethyl adjacent to an activating group) is 1. The first-order valence-electron chi connectivity index (χ1n) is 14.1. The molecule has 1 heterocycles. The number of esters is 1. The molecule has 8 nitrogen and oxygen atoms in total. The van der Waals surface area contributed by atoms with E-state index in [1.807, 2.05) is 25.9 Å². The van der Waals surface area contributed by atoms with Gasteiger partial charge in [0.2, 0.25) is 5.91 Å². The zero-order chi connectivity index (χ0) is 28.6. The van der Waals surface area contributed by atoms with Crippen molar-refractivity contribution in [3.8, 4) is 5.75 Å². The lowest BCUT2D eigenvalue weighted by atomic mass is 9.54. The number of aryl methyl sites for hydroxylation is 2. The normalized spacial score (nSPS) is 28.1. The molecule has 2 aromatic rings. The molecule has 3 aliphatic carbocycles. The van der Waals surface area contributed by atoms with E-state index in [1.54, 1.807) is 13.3 Å². The molecule has 1 aromatic heterocycles. The fraction of sp³-hybridized carbons (Fsp3) is 0.600. The Balaban J connectivity index is 1.36. The molecule has 3 unspecified atom stereocenters. The van der Waals surface area contributed by atoms with Gasteiger partial charge < -0.3 is 14.9 Å². The lowest BCUT2D eigenvalue weighted by Gasteiger charge is -2.50. The third-order valence-corrected chi connectivity index (χ3v) is 10.8. The number of ether oxygens (including phenoxy) is 1. The number of amides is 1. The Morgan fingerprint density at radius 3 is 2.80 bits per heavy atom. The summed E-state index contributed by atoms with van der Waals surface area (Å²) in [5, 5.41) is 8.19. The van der Waals surface area contributed by atoms with Crippen LogP contribution in [0.25, 0.3) is 0 Å². The van der Waals surface area contributed by atoms with Crippen LogP contribution in [0.5, 0.6) is 5.75 Å². The van der Waals surface area contributed by atoms with E-state index in [4.69, 9.17) is 9.57 Å². The van der Waals surface area contributed by atoms with Gasteiger partial charge in [-0.05, 0) is 129 Å². The zero-order valence-electron chi connectivity index (χ0n) is 24.0. The van der Waals surface area contributed by atoms with Gasteiger partial charge >= 0.3 is 5.97 Å². The van der Waals surface area contributed by atoms with E-state index in [1.165, 1.54) is 22.5 Å². The van der Waals surface area contributed by atoms with Crippen LogP contribution in [0.15, 0.2) is 23.5 Å². The minimum Gasteiger partial charge on any atom is -0.424 e. The molecule has 0 spiro atoms. The molecule has 2 saturated carbocycles. The van der Waals surface area contributed by atoms with Crippen molar-refractivity contribution < 1.29 is 19.2 Å². The van der Waals surface area contributed by atoms with Crippen molar-refractivity contribution >= 4 is 56.6 Å². The number of thiazole rings is 1. The average Bonchev–Trinajstić information content (AvgIpc) is 3.42. The fourth-order valence-corrected chi connectivity index (χ4v) is 8.85. The molecule has 5 rings (SSSR count). The summed E-state index contributed by atoms with van der Waals surface area (Å²) >= 11 is 3.81. The lowest BCUT2D eigenvalue weighted by Crippen LogP contribution is -2.44. The summed E-state index contributed by atoms with van der Waals surface area (Å²) < 4.78 is 6.72. The number of hydrogen-bond acceptors (Lipinski definition) is 8. The summed E-state index contributed by atoms with van der Waals surface area (Å²) in [6, 6.07) is 4.36. The summed E-state index contributed by atoms with van der Waals surface area (Å²) in [7, 11) is 5.36. The number of carbonyl (C=O) groups excluding carboxylic acids is 2. The second-order valence-corrected chi connectivity index (χ2v) is 14.4. The zero-order valence-corrected chi connectivity index (χ0v) is 26.9. The molecule has 0 aliphatic heterocycles. The van der Waals surface area contributed by atoms with Crippen LogP contribution in [-0.2, 0) is 20.8 Å². The highest BCUT2D eigenvalue weighted by molar-refractivity contribution is 14.1. The minimum absolute atomic E-state index is 0.0168. The van der Waals surface area contributed by atoms with Crippen LogP contribution in [0.4, 0.5) is 5.13 Å². The first kappa shape index (κ1) is 29.4. The van der Waals surface area contributed by atoms with Crippen molar-refractivity contribution in [2.24, 2.45) is 28.3 Å². The van der Waals surface area contributed by atoms with E-state index >= 15 is 0 Å². The first-order valence-corrected chi connectivity index (χ1v) is 16.0. The number of hydrogen-bond donors (Lipinski definition) is 1. The predicted molar refractivity (Wildman–Crippen MR) is 166 cm³/mol. The van der Waals surface area contributed by atoms with Crippen molar-refractivity contribution in [3.05, 3.63) is 37.9 Å². The molecule has 0 radical (unpaired) electrons. The molecule has 5 atom stereocenters. The molecule has 10 heteroatoms. The van der Waals surface area contributed by atoms with E-state index in [0.717, 1.165) is 52.7 Å². The maximum absolute atomic E-state index is 12.8. The molecule has 2 fully saturated rings. The van der Waals surface area contributed by atoms with Gasteiger partial charge in [-0.15, -0.1) is 11.3 Å². The Kier molecular flexibility index (Phi) is 8.87. The Morgan fingerprint density at radius 2 is 2.10 bits per heavy atom. The standard InChI is InChI=1S/C30H39IN4O4S/c1-17-15-32-29(40-17)33-26(36)9-7-19-13-25(34-38-5)30(2)11-10-20-21(28(19)30)8-6-18-12-24(23(31)14-22(18)20)39-27(37)16-35(3)4/h12,14-15,19-21,28H,6-11,13,16H2,1-5H3,(H,32,33,36)/t19-,20?,21?,28?,30-/m1/s1. The highest BCUT2D eigenvalue weighted by Crippen LogP contribution is 2.62. The number of anilines is 1. The SMILES string of the molecule is CON=C1C[C@@H](CCC(=O)Nc2ncc(C)s2)C2C3CCc4cc(OC(=O)CN(C)C)c(I)cc4C3CC[C@]12C. The van der Waals surface area contributed by atoms with Crippen molar-refractivity contribution in [3.63, 3.8) is 0 Å². The molecule has 1 amide bonds. The average molecular weight is 679 g/mol. The third kappa shape index (κ3) is 5.94. The minimum atomic E-state index is -0.238. The summed E-state index contributed by atoms with van der Waals surface area (Å²) in [5.74, 6) is 2.25. The van der Waals surface area contributed by atoms with Crippen LogP contribution in [0.1, 0.15) is 67.4 Å². The Labute approximate surface area is 254 Å². The fourth-order valence-electron chi connectivity index (χ4n) is 7.57. The Hall–Kier alpha value is -2.05. The number of carbonyl (C=O) groups is 2. The number of aromatic nitrogens is 1. The van der Waals surface area contributed by atoms with Gasteiger partial charge in [0.15, 0.2) is 5.13 Å². The van der Waals surface area contributed by atoms with Crippen LogP contribution in [0, 0.1) is 33.7 Å². The van der Waals surface area contributed by atoms with Gasteiger partial charge in [0.05, 0.1) is 15.8 Å². The number of oxime groups is 1. The summed E-state index contributed by atoms with van der Waals surface area (Å²) in [6.45, 7) is 4.62. The van der Waals surface area contributed by atoms with E-state index in [-0.39, 0.29) is 23.8 Å². The summed E-state index contributed by atoms with van der Waals surface area (Å²) in [6.07, 6.45) is 8.18. The van der Waals surface area contributed by atoms with E-state index in [2.05, 4.69) is 57.1 Å². The molecule has 40 heavy (non-hydrogen) atoms. The number of nitrogens with one attached hydrogen (secondary N) is 1. The van der Waals surface area contributed by atoms with Gasteiger partial charge in [0.25, 0.3) is 0 Å². The Bertz CT molecular complexity index is 1310. The molecular weight excluding hydrogens is 639 g/mol. The molecule has 1 N–H and O–H groups in total.